The van der Waals surface area contributed by atoms with Crippen molar-refractivity contribution in [1.82, 2.24) is 0 Å². The maximum absolute atomic E-state index is 14.8. The third kappa shape index (κ3) is 4.65. The first kappa shape index (κ1) is 20.6. The Labute approximate surface area is 166 Å². The van der Waals surface area contributed by atoms with Crippen LogP contribution >= 0.6 is 0 Å². The largest absolute Gasteiger partial charge is 0.420 e. The molecule has 0 nitrogen and oxygen atoms in total. The van der Waals surface area contributed by atoms with Gasteiger partial charge < -0.3 is 0 Å². The molecule has 0 N–H and O–H groups in total. The van der Waals surface area contributed by atoms with Gasteiger partial charge in [-0.2, -0.15) is 13.2 Å². The maximum atomic E-state index is 14.8. The molecule has 0 heterocycles. The van der Waals surface area contributed by atoms with Gasteiger partial charge >= 0.3 is 6.18 Å². The van der Waals surface area contributed by atoms with Crippen molar-refractivity contribution in [2.24, 2.45) is 0 Å². The highest BCUT2D eigenvalue weighted by Crippen LogP contribution is 2.39. The highest BCUT2D eigenvalue weighted by atomic mass is 19.4. The lowest BCUT2D eigenvalue weighted by atomic mass is 9.97. The highest BCUT2D eigenvalue weighted by Gasteiger charge is 2.39. The molecule has 0 radical (unpaired) electrons. The molecule has 0 saturated carbocycles. The lowest BCUT2D eigenvalue weighted by Crippen LogP contribution is -2.13. The standard InChI is InChI=1S/C24H17F5/c1-2-6-16-9-11-17(12-10-16)13-14-19-21(25)15-20(18-7-4-3-5-8-18)23(26)22(19)24(27,28)29/h3-5,7-12,15H,2,6H2,1H3. The van der Waals surface area contributed by atoms with E-state index in [4.69, 9.17) is 0 Å². The van der Waals surface area contributed by atoms with Crippen LogP contribution in [0.25, 0.3) is 11.1 Å². The number of hydrogen-bond donors (Lipinski definition) is 0. The van der Waals surface area contributed by atoms with Crippen molar-refractivity contribution in [1.29, 1.82) is 0 Å². The van der Waals surface area contributed by atoms with Gasteiger partial charge in [0, 0.05) is 11.1 Å². The van der Waals surface area contributed by atoms with Crippen molar-refractivity contribution in [2.75, 3.05) is 0 Å². The topological polar surface area (TPSA) is 0 Å². The first-order valence-corrected chi connectivity index (χ1v) is 9.06. The van der Waals surface area contributed by atoms with Crippen LogP contribution < -0.4 is 0 Å². The molecule has 0 amide bonds. The van der Waals surface area contributed by atoms with Crippen molar-refractivity contribution >= 4 is 0 Å². The molecular weight excluding hydrogens is 383 g/mol. The molecule has 29 heavy (non-hydrogen) atoms. The van der Waals surface area contributed by atoms with Crippen molar-refractivity contribution in [3.8, 4) is 23.0 Å². The van der Waals surface area contributed by atoms with Crippen molar-refractivity contribution in [3.63, 3.8) is 0 Å². The van der Waals surface area contributed by atoms with Gasteiger partial charge in [-0.1, -0.05) is 67.6 Å². The number of rotatable bonds is 3. The minimum atomic E-state index is -5.09. The fourth-order valence-electron chi connectivity index (χ4n) is 3.02. The Morgan fingerprint density at radius 3 is 2.10 bits per heavy atom. The predicted molar refractivity (Wildman–Crippen MR) is 103 cm³/mol. The summed E-state index contributed by atoms with van der Waals surface area (Å²) in [6.07, 6.45) is -3.27. The Morgan fingerprint density at radius 2 is 1.52 bits per heavy atom. The van der Waals surface area contributed by atoms with Crippen molar-refractivity contribution in [3.05, 3.63) is 94.6 Å². The first-order valence-electron chi connectivity index (χ1n) is 9.06. The molecule has 0 spiro atoms. The minimum absolute atomic E-state index is 0.153. The summed E-state index contributed by atoms with van der Waals surface area (Å²) in [4.78, 5) is 0. The number of aryl methyl sites for hydroxylation is 1. The molecule has 0 aliphatic rings. The Kier molecular flexibility index (Phi) is 6.03. The zero-order valence-corrected chi connectivity index (χ0v) is 15.6. The number of alkyl halides is 3. The van der Waals surface area contributed by atoms with Gasteiger partial charge in [-0.25, -0.2) is 8.78 Å². The second-order valence-corrected chi connectivity index (χ2v) is 6.53. The van der Waals surface area contributed by atoms with Crippen LogP contribution in [-0.4, -0.2) is 0 Å². The highest BCUT2D eigenvalue weighted by molar-refractivity contribution is 5.68. The van der Waals surface area contributed by atoms with Crippen LogP contribution in [0.1, 0.15) is 35.6 Å². The Hall–Kier alpha value is -3.13. The van der Waals surface area contributed by atoms with E-state index in [-0.39, 0.29) is 5.56 Å². The molecule has 0 saturated heterocycles. The van der Waals surface area contributed by atoms with E-state index in [1.807, 2.05) is 19.1 Å². The van der Waals surface area contributed by atoms with Crippen molar-refractivity contribution < 1.29 is 22.0 Å². The molecule has 0 aliphatic carbocycles. The number of benzene rings is 3. The van der Waals surface area contributed by atoms with E-state index >= 15 is 0 Å². The van der Waals surface area contributed by atoms with Gasteiger partial charge in [-0.05, 0) is 35.7 Å². The molecule has 3 aromatic rings. The summed E-state index contributed by atoms with van der Waals surface area (Å²) in [5.74, 6) is 1.95. The van der Waals surface area contributed by atoms with Crippen LogP contribution in [-0.2, 0) is 12.6 Å². The molecule has 3 aromatic carbocycles. The molecule has 148 valence electrons. The third-order valence-corrected chi connectivity index (χ3v) is 4.41. The quantitative estimate of drug-likeness (QED) is 0.328. The van der Waals surface area contributed by atoms with E-state index in [1.54, 1.807) is 18.2 Å². The van der Waals surface area contributed by atoms with Crippen LogP contribution in [0.5, 0.6) is 0 Å². The average Bonchev–Trinajstić information content (AvgIpc) is 2.69. The van der Waals surface area contributed by atoms with Gasteiger partial charge in [-0.15, -0.1) is 0 Å². The first-order chi connectivity index (χ1) is 13.8. The van der Waals surface area contributed by atoms with Crippen LogP contribution in [0.4, 0.5) is 22.0 Å². The number of halogens is 5. The summed E-state index contributed by atoms with van der Waals surface area (Å²) >= 11 is 0. The van der Waals surface area contributed by atoms with E-state index in [0.717, 1.165) is 24.5 Å². The van der Waals surface area contributed by atoms with Gasteiger partial charge in [0.15, 0.2) is 0 Å². The molecular formula is C24H17F5. The predicted octanol–water partition coefficient (Wildman–Crippen LogP) is 7.00. The zero-order chi connectivity index (χ0) is 21.0. The van der Waals surface area contributed by atoms with E-state index in [0.29, 0.717) is 5.56 Å². The third-order valence-electron chi connectivity index (χ3n) is 4.41. The Morgan fingerprint density at radius 1 is 0.862 bits per heavy atom. The zero-order valence-electron chi connectivity index (χ0n) is 15.6. The van der Waals surface area contributed by atoms with E-state index in [9.17, 15) is 22.0 Å². The minimum Gasteiger partial charge on any atom is -0.206 e. The van der Waals surface area contributed by atoms with Gasteiger partial charge in [0.1, 0.15) is 17.2 Å². The van der Waals surface area contributed by atoms with Gasteiger partial charge in [0.25, 0.3) is 0 Å². The Balaban J connectivity index is 2.11. The summed E-state index contributed by atoms with van der Waals surface area (Å²) in [7, 11) is 0. The van der Waals surface area contributed by atoms with Crippen LogP contribution in [0, 0.1) is 23.5 Å². The smallest absolute Gasteiger partial charge is 0.206 e. The maximum Gasteiger partial charge on any atom is 0.420 e. The van der Waals surface area contributed by atoms with E-state index in [2.05, 4.69) is 11.8 Å². The van der Waals surface area contributed by atoms with Crippen LogP contribution in [0.2, 0.25) is 0 Å². The SMILES string of the molecule is CCCc1ccc(C#Cc2c(F)cc(-c3ccccc3)c(F)c2C(F)(F)F)cc1. The molecule has 0 atom stereocenters. The molecule has 0 aromatic heterocycles. The molecule has 0 bridgehead atoms. The second kappa shape index (κ2) is 8.48. The normalized spacial score (nSPS) is 11.1. The van der Waals surface area contributed by atoms with E-state index in [1.165, 1.54) is 24.3 Å². The fourth-order valence-corrected chi connectivity index (χ4v) is 3.02. The molecule has 3 rings (SSSR count). The lowest BCUT2D eigenvalue weighted by Gasteiger charge is -2.15. The summed E-state index contributed by atoms with van der Waals surface area (Å²) in [6, 6.07) is 15.2. The second-order valence-electron chi connectivity index (χ2n) is 6.53. The summed E-state index contributed by atoms with van der Waals surface area (Å²) in [5, 5.41) is 0. The van der Waals surface area contributed by atoms with Gasteiger partial charge in [-0.3, -0.25) is 0 Å². The number of hydrogen-bond acceptors (Lipinski definition) is 0. The van der Waals surface area contributed by atoms with Gasteiger partial charge in [0.2, 0.25) is 0 Å². The molecule has 0 unspecified atom stereocenters. The van der Waals surface area contributed by atoms with E-state index < -0.39 is 34.5 Å². The van der Waals surface area contributed by atoms with Gasteiger partial charge in [0.05, 0.1) is 5.56 Å². The molecule has 5 heteroatoms. The summed E-state index contributed by atoms with van der Waals surface area (Å²) < 4.78 is 70.1. The van der Waals surface area contributed by atoms with Crippen LogP contribution in [0.15, 0.2) is 60.7 Å². The average molecular weight is 400 g/mol. The molecule has 0 fully saturated rings. The fraction of sp³-hybridized carbons (Fsp3) is 0.167. The Bertz CT molecular complexity index is 1050. The summed E-state index contributed by atoms with van der Waals surface area (Å²) in [5.41, 5.74) is -1.49. The summed E-state index contributed by atoms with van der Waals surface area (Å²) in [6.45, 7) is 2.03. The van der Waals surface area contributed by atoms with Crippen molar-refractivity contribution in [2.45, 2.75) is 25.9 Å². The molecule has 0 aliphatic heterocycles. The lowest BCUT2D eigenvalue weighted by molar-refractivity contribution is -0.140. The van der Waals surface area contributed by atoms with Crippen LogP contribution in [0.3, 0.4) is 0 Å². The monoisotopic (exact) mass is 400 g/mol.